The molecule has 0 saturated heterocycles. The second-order valence-electron chi connectivity index (χ2n) is 6.32. The molecule has 6 heteroatoms. The Balaban J connectivity index is 1.39. The normalized spacial score (nSPS) is 17.7. The fourth-order valence-corrected chi connectivity index (χ4v) is 2.80. The number of carbonyl (C=O) groups is 1. The molecular formula is C16H20N4O2. The molecular weight excluding hydrogens is 280 g/mol. The van der Waals surface area contributed by atoms with Gasteiger partial charge in [0.05, 0.1) is 18.4 Å². The van der Waals surface area contributed by atoms with E-state index < -0.39 is 0 Å². The summed E-state index contributed by atoms with van der Waals surface area (Å²) in [7, 11) is 0. The second kappa shape index (κ2) is 5.26. The number of aryl methyl sites for hydroxylation is 1. The molecule has 0 spiro atoms. The van der Waals surface area contributed by atoms with Gasteiger partial charge in [0.15, 0.2) is 0 Å². The summed E-state index contributed by atoms with van der Waals surface area (Å²) in [6.45, 7) is 3.02. The fraction of sp³-hybridized carbons (Fsp3) is 0.562. The first kappa shape index (κ1) is 13.5. The van der Waals surface area contributed by atoms with Gasteiger partial charge >= 0.3 is 0 Å². The minimum atomic E-state index is -0.138. The maximum atomic E-state index is 12.0. The maximum Gasteiger partial charge on any atom is 0.256 e. The van der Waals surface area contributed by atoms with Crippen LogP contribution in [-0.2, 0) is 6.54 Å². The van der Waals surface area contributed by atoms with Crippen LogP contribution in [0.15, 0.2) is 16.8 Å². The van der Waals surface area contributed by atoms with Crippen LogP contribution in [0.3, 0.4) is 0 Å². The number of hydrogen-bond acceptors (Lipinski definition) is 4. The van der Waals surface area contributed by atoms with Gasteiger partial charge in [-0.2, -0.15) is 5.10 Å². The van der Waals surface area contributed by atoms with Crippen molar-refractivity contribution in [2.24, 2.45) is 0 Å². The van der Waals surface area contributed by atoms with E-state index in [1.807, 2.05) is 0 Å². The first-order chi connectivity index (χ1) is 10.7. The van der Waals surface area contributed by atoms with Crippen LogP contribution in [0.1, 0.15) is 65.0 Å². The number of hydrogen-bond donors (Lipinski definition) is 1. The van der Waals surface area contributed by atoms with E-state index in [0.29, 0.717) is 36.2 Å². The lowest BCUT2D eigenvalue weighted by Gasteiger charge is -2.07. The van der Waals surface area contributed by atoms with Crippen molar-refractivity contribution in [2.75, 3.05) is 6.54 Å². The highest BCUT2D eigenvalue weighted by atomic mass is 16.5. The second-order valence-corrected chi connectivity index (χ2v) is 6.32. The van der Waals surface area contributed by atoms with E-state index in [1.54, 1.807) is 6.92 Å². The maximum absolute atomic E-state index is 12.0. The molecule has 0 radical (unpaired) electrons. The lowest BCUT2D eigenvalue weighted by molar-refractivity contribution is 0.0950. The molecule has 2 saturated carbocycles. The Morgan fingerprint density at radius 2 is 2.14 bits per heavy atom. The molecule has 2 heterocycles. The van der Waals surface area contributed by atoms with Crippen LogP contribution in [-0.4, -0.2) is 27.4 Å². The van der Waals surface area contributed by atoms with Crippen LogP contribution >= 0.6 is 0 Å². The summed E-state index contributed by atoms with van der Waals surface area (Å²) in [4.78, 5) is 12.0. The highest BCUT2D eigenvalue weighted by molar-refractivity contribution is 5.94. The van der Waals surface area contributed by atoms with Crippen LogP contribution < -0.4 is 5.32 Å². The van der Waals surface area contributed by atoms with E-state index in [-0.39, 0.29) is 5.91 Å². The Hall–Kier alpha value is -2.11. The third-order valence-corrected chi connectivity index (χ3v) is 4.43. The Bertz CT molecular complexity index is 695. The predicted molar refractivity (Wildman–Crippen MR) is 79.8 cm³/mol. The van der Waals surface area contributed by atoms with Gasteiger partial charge in [-0.25, -0.2) is 0 Å². The van der Waals surface area contributed by atoms with E-state index in [9.17, 15) is 4.79 Å². The average Bonchev–Trinajstić information content (AvgIpc) is 3.43. The summed E-state index contributed by atoms with van der Waals surface area (Å²) in [6, 6.07) is 2.28. The quantitative estimate of drug-likeness (QED) is 0.889. The van der Waals surface area contributed by atoms with Gasteiger partial charge in [-0.3, -0.25) is 9.48 Å². The van der Waals surface area contributed by atoms with E-state index >= 15 is 0 Å². The molecule has 0 aliphatic heterocycles. The molecule has 2 aromatic rings. The van der Waals surface area contributed by atoms with Crippen LogP contribution in [0.25, 0.3) is 0 Å². The highest BCUT2D eigenvalue weighted by Gasteiger charge is 2.32. The van der Waals surface area contributed by atoms with Crippen molar-refractivity contribution >= 4 is 5.91 Å². The number of aromatic nitrogens is 3. The number of nitrogens with one attached hydrogen (secondary N) is 1. The number of nitrogens with zero attached hydrogens (tertiary/aromatic N) is 3. The van der Waals surface area contributed by atoms with Crippen LogP contribution in [0.2, 0.25) is 0 Å². The number of amides is 1. The van der Waals surface area contributed by atoms with Gasteiger partial charge in [0.1, 0.15) is 11.3 Å². The summed E-state index contributed by atoms with van der Waals surface area (Å²) in [5, 5.41) is 11.3. The van der Waals surface area contributed by atoms with Crippen LogP contribution in [0.4, 0.5) is 0 Å². The summed E-state index contributed by atoms with van der Waals surface area (Å²) in [5.74, 6) is 1.76. The predicted octanol–water partition coefficient (Wildman–Crippen LogP) is 2.36. The van der Waals surface area contributed by atoms with Gasteiger partial charge in [0, 0.05) is 24.1 Å². The van der Waals surface area contributed by atoms with Crippen LogP contribution in [0.5, 0.6) is 0 Å². The smallest absolute Gasteiger partial charge is 0.256 e. The van der Waals surface area contributed by atoms with E-state index in [1.165, 1.54) is 43.3 Å². The number of rotatable bonds is 6. The Labute approximate surface area is 128 Å². The van der Waals surface area contributed by atoms with Crippen molar-refractivity contribution in [1.29, 1.82) is 0 Å². The van der Waals surface area contributed by atoms with Crippen molar-refractivity contribution in [3.8, 4) is 0 Å². The summed E-state index contributed by atoms with van der Waals surface area (Å²) in [5.41, 5.74) is 3.09. The largest absolute Gasteiger partial charge is 0.361 e. The third kappa shape index (κ3) is 2.65. The van der Waals surface area contributed by atoms with E-state index in [0.717, 1.165) is 0 Å². The van der Waals surface area contributed by atoms with Crippen molar-refractivity contribution in [3.63, 3.8) is 0 Å². The molecule has 116 valence electrons. The summed E-state index contributed by atoms with van der Waals surface area (Å²) >= 11 is 0. The van der Waals surface area contributed by atoms with Crippen molar-refractivity contribution < 1.29 is 9.32 Å². The van der Waals surface area contributed by atoms with E-state index in [4.69, 9.17) is 9.62 Å². The Kier molecular flexibility index (Phi) is 3.24. The molecule has 22 heavy (non-hydrogen) atoms. The lowest BCUT2D eigenvalue weighted by atomic mass is 10.2. The average molecular weight is 300 g/mol. The molecule has 2 aliphatic rings. The monoisotopic (exact) mass is 300 g/mol. The molecule has 2 aliphatic carbocycles. The van der Waals surface area contributed by atoms with E-state index in [2.05, 4.69) is 21.2 Å². The van der Waals surface area contributed by atoms with Gasteiger partial charge in [0.2, 0.25) is 0 Å². The van der Waals surface area contributed by atoms with Gasteiger partial charge in [0.25, 0.3) is 5.91 Å². The summed E-state index contributed by atoms with van der Waals surface area (Å²) < 4.78 is 7.01. The summed E-state index contributed by atoms with van der Waals surface area (Å²) in [6.07, 6.45) is 6.53. The van der Waals surface area contributed by atoms with Gasteiger partial charge < -0.3 is 9.84 Å². The molecule has 0 bridgehead atoms. The zero-order valence-electron chi connectivity index (χ0n) is 12.7. The Morgan fingerprint density at radius 1 is 1.36 bits per heavy atom. The minimum absolute atomic E-state index is 0.138. The minimum Gasteiger partial charge on any atom is -0.361 e. The molecule has 1 amide bonds. The standard InChI is InChI=1S/C16H20N4O2/c1-10-13(9-18-22-10)16(21)17-6-7-20-15(12-4-5-12)8-14(19-20)11-2-3-11/h8-9,11-12H,2-7H2,1H3,(H,17,21). The van der Waals surface area contributed by atoms with Crippen LogP contribution in [0, 0.1) is 6.92 Å². The molecule has 0 unspecified atom stereocenters. The highest BCUT2D eigenvalue weighted by Crippen LogP contribution is 2.44. The van der Waals surface area contributed by atoms with Crippen molar-refractivity contribution in [1.82, 2.24) is 20.3 Å². The zero-order chi connectivity index (χ0) is 15.1. The third-order valence-electron chi connectivity index (χ3n) is 4.43. The lowest BCUT2D eigenvalue weighted by Crippen LogP contribution is -2.28. The molecule has 2 aromatic heterocycles. The fourth-order valence-electron chi connectivity index (χ4n) is 2.80. The first-order valence-electron chi connectivity index (χ1n) is 7.99. The number of carbonyl (C=O) groups excluding carboxylic acids is 1. The van der Waals surface area contributed by atoms with Crippen molar-refractivity contribution in [2.45, 2.75) is 51.0 Å². The van der Waals surface area contributed by atoms with Gasteiger partial charge in [-0.1, -0.05) is 5.16 Å². The van der Waals surface area contributed by atoms with Gasteiger partial charge in [-0.05, 0) is 38.7 Å². The molecule has 4 rings (SSSR count). The zero-order valence-corrected chi connectivity index (χ0v) is 12.7. The van der Waals surface area contributed by atoms with Crippen molar-refractivity contribution in [3.05, 3.63) is 35.0 Å². The SMILES string of the molecule is Cc1oncc1C(=O)NCCn1nc(C2CC2)cc1C1CC1. The topological polar surface area (TPSA) is 73.0 Å². The molecule has 6 nitrogen and oxygen atoms in total. The molecule has 2 fully saturated rings. The molecule has 0 aromatic carbocycles. The molecule has 1 N–H and O–H groups in total. The van der Waals surface area contributed by atoms with Gasteiger partial charge in [-0.15, -0.1) is 0 Å². The first-order valence-corrected chi connectivity index (χ1v) is 7.99. The Morgan fingerprint density at radius 3 is 2.77 bits per heavy atom. The molecule has 0 atom stereocenters.